The Morgan fingerprint density at radius 1 is 1.56 bits per heavy atom. The van der Waals surface area contributed by atoms with E-state index in [-0.39, 0.29) is 18.7 Å². The molecule has 0 saturated carbocycles. The van der Waals surface area contributed by atoms with Crippen molar-refractivity contribution in [1.29, 1.82) is 5.26 Å². The molecule has 1 amide bonds. The van der Waals surface area contributed by atoms with Gasteiger partial charge in [-0.2, -0.15) is 5.26 Å². The van der Waals surface area contributed by atoms with Gasteiger partial charge >= 0.3 is 0 Å². The number of nitrogens with zero attached hydrogens (tertiary/aromatic N) is 2. The van der Waals surface area contributed by atoms with Crippen molar-refractivity contribution in [2.45, 2.75) is 19.4 Å². The lowest BCUT2D eigenvalue weighted by molar-refractivity contribution is -0.130. The normalized spacial score (nSPS) is 9.67. The fraction of sp³-hybridized carbons (Fsp3) is 0.385. The SMILES string of the molecule is COc1ccc(CN(C)C(=O)CCC#N)cc1Br. The van der Waals surface area contributed by atoms with Gasteiger partial charge in [0.15, 0.2) is 0 Å². The van der Waals surface area contributed by atoms with E-state index in [0.717, 1.165) is 15.8 Å². The van der Waals surface area contributed by atoms with Gasteiger partial charge in [0.05, 0.1) is 17.7 Å². The van der Waals surface area contributed by atoms with Crippen molar-refractivity contribution in [2.75, 3.05) is 14.2 Å². The van der Waals surface area contributed by atoms with Gasteiger partial charge in [0.1, 0.15) is 5.75 Å². The maximum atomic E-state index is 11.7. The van der Waals surface area contributed by atoms with E-state index in [2.05, 4.69) is 15.9 Å². The smallest absolute Gasteiger partial charge is 0.223 e. The quantitative estimate of drug-likeness (QED) is 0.840. The summed E-state index contributed by atoms with van der Waals surface area (Å²) in [6, 6.07) is 7.66. The highest BCUT2D eigenvalue weighted by molar-refractivity contribution is 9.10. The van der Waals surface area contributed by atoms with Gasteiger partial charge < -0.3 is 9.64 Å². The summed E-state index contributed by atoms with van der Waals surface area (Å²) in [6.07, 6.45) is 0.528. The Balaban J connectivity index is 2.65. The van der Waals surface area contributed by atoms with Gasteiger partial charge in [-0.3, -0.25) is 4.79 Å². The van der Waals surface area contributed by atoms with Crippen LogP contribution in [0, 0.1) is 11.3 Å². The van der Waals surface area contributed by atoms with Gasteiger partial charge in [0.25, 0.3) is 0 Å². The molecule has 1 aromatic rings. The Hall–Kier alpha value is -1.54. The molecule has 0 aromatic heterocycles. The predicted molar refractivity (Wildman–Crippen MR) is 72.0 cm³/mol. The van der Waals surface area contributed by atoms with Crippen LogP contribution in [0.5, 0.6) is 5.75 Å². The highest BCUT2D eigenvalue weighted by Crippen LogP contribution is 2.25. The zero-order chi connectivity index (χ0) is 13.5. The second-order valence-electron chi connectivity index (χ2n) is 3.88. The third-order valence-corrected chi connectivity index (χ3v) is 3.13. The van der Waals surface area contributed by atoms with Gasteiger partial charge in [-0.05, 0) is 33.6 Å². The molecule has 0 fully saturated rings. The van der Waals surface area contributed by atoms with Crippen molar-refractivity contribution in [3.63, 3.8) is 0 Å². The second kappa shape index (κ2) is 7.02. The Bertz CT molecular complexity index is 469. The number of halogens is 1. The molecule has 0 unspecified atom stereocenters. The zero-order valence-electron chi connectivity index (χ0n) is 10.4. The number of ether oxygens (including phenoxy) is 1. The third kappa shape index (κ3) is 4.04. The number of hydrogen-bond acceptors (Lipinski definition) is 3. The molecule has 0 heterocycles. The minimum atomic E-state index is -0.0245. The molecule has 1 aromatic carbocycles. The minimum absolute atomic E-state index is 0.0245. The van der Waals surface area contributed by atoms with Crippen molar-refractivity contribution < 1.29 is 9.53 Å². The van der Waals surface area contributed by atoms with E-state index in [0.29, 0.717) is 6.54 Å². The maximum absolute atomic E-state index is 11.7. The number of nitriles is 1. The summed E-state index contributed by atoms with van der Waals surface area (Å²) in [5.74, 6) is 0.737. The average Bonchev–Trinajstić information content (AvgIpc) is 2.36. The number of carbonyl (C=O) groups excluding carboxylic acids is 1. The molecule has 0 N–H and O–H groups in total. The molecule has 0 aliphatic heterocycles. The van der Waals surface area contributed by atoms with E-state index < -0.39 is 0 Å². The second-order valence-corrected chi connectivity index (χ2v) is 4.73. The first-order chi connectivity index (χ1) is 8.58. The molecule has 1 rings (SSSR count). The van der Waals surface area contributed by atoms with Crippen LogP contribution in [0.2, 0.25) is 0 Å². The van der Waals surface area contributed by atoms with Crippen LogP contribution in [0.25, 0.3) is 0 Å². The minimum Gasteiger partial charge on any atom is -0.496 e. The van der Waals surface area contributed by atoms with Gasteiger partial charge in [-0.25, -0.2) is 0 Å². The van der Waals surface area contributed by atoms with E-state index >= 15 is 0 Å². The number of rotatable bonds is 5. The first-order valence-electron chi connectivity index (χ1n) is 5.51. The Morgan fingerprint density at radius 2 is 2.28 bits per heavy atom. The molecular weight excluding hydrogens is 296 g/mol. The van der Waals surface area contributed by atoms with Crippen molar-refractivity contribution in [3.05, 3.63) is 28.2 Å². The van der Waals surface area contributed by atoms with Crippen molar-refractivity contribution in [1.82, 2.24) is 4.90 Å². The van der Waals surface area contributed by atoms with Crippen LogP contribution in [0.15, 0.2) is 22.7 Å². The van der Waals surface area contributed by atoms with Gasteiger partial charge in [0, 0.05) is 26.4 Å². The summed E-state index contributed by atoms with van der Waals surface area (Å²) in [7, 11) is 3.34. The van der Waals surface area contributed by atoms with Gasteiger partial charge in [-0.1, -0.05) is 6.07 Å². The van der Waals surface area contributed by atoms with Crippen LogP contribution in [-0.4, -0.2) is 25.0 Å². The highest BCUT2D eigenvalue weighted by atomic mass is 79.9. The molecule has 5 heteroatoms. The van der Waals surface area contributed by atoms with E-state index in [1.54, 1.807) is 19.1 Å². The number of benzene rings is 1. The van der Waals surface area contributed by atoms with Crippen molar-refractivity contribution >= 4 is 21.8 Å². The number of carbonyl (C=O) groups is 1. The predicted octanol–water partition coefficient (Wildman–Crippen LogP) is 2.72. The summed E-state index contributed by atoms with van der Waals surface area (Å²) in [4.78, 5) is 13.3. The highest BCUT2D eigenvalue weighted by Gasteiger charge is 2.09. The maximum Gasteiger partial charge on any atom is 0.223 e. The summed E-state index contributed by atoms with van der Waals surface area (Å²) >= 11 is 3.40. The van der Waals surface area contributed by atoms with Crippen LogP contribution in [0.4, 0.5) is 0 Å². The number of amides is 1. The molecule has 0 bridgehead atoms. The van der Waals surface area contributed by atoms with E-state index in [1.165, 1.54) is 0 Å². The summed E-state index contributed by atoms with van der Waals surface area (Å²) in [5, 5.41) is 8.44. The molecule has 0 aliphatic carbocycles. The van der Waals surface area contributed by atoms with Crippen molar-refractivity contribution in [3.8, 4) is 11.8 Å². The third-order valence-electron chi connectivity index (χ3n) is 2.51. The van der Waals surface area contributed by atoms with Crippen LogP contribution in [0.3, 0.4) is 0 Å². The molecular formula is C13H15BrN2O2. The molecule has 0 aliphatic rings. The van der Waals surface area contributed by atoms with Crippen LogP contribution in [0.1, 0.15) is 18.4 Å². The first kappa shape index (κ1) is 14.5. The van der Waals surface area contributed by atoms with Gasteiger partial charge in [0.2, 0.25) is 5.91 Å². The first-order valence-corrected chi connectivity index (χ1v) is 6.31. The van der Waals surface area contributed by atoms with Crippen molar-refractivity contribution in [2.24, 2.45) is 0 Å². The van der Waals surface area contributed by atoms with E-state index in [4.69, 9.17) is 10.00 Å². The van der Waals surface area contributed by atoms with E-state index in [1.807, 2.05) is 24.3 Å². The molecule has 18 heavy (non-hydrogen) atoms. The lowest BCUT2D eigenvalue weighted by atomic mass is 10.2. The number of methoxy groups -OCH3 is 1. The topological polar surface area (TPSA) is 53.3 Å². The lowest BCUT2D eigenvalue weighted by Gasteiger charge is -2.17. The molecule has 0 radical (unpaired) electrons. The molecule has 0 spiro atoms. The molecule has 0 saturated heterocycles. The standard InChI is InChI=1S/C13H15BrN2O2/c1-16(13(17)4-3-7-15)9-10-5-6-12(18-2)11(14)8-10/h5-6,8H,3-4,9H2,1-2H3. The Morgan fingerprint density at radius 3 is 2.83 bits per heavy atom. The molecule has 0 atom stereocenters. The largest absolute Gasteiger partial charge is 0.496 e. The summed E-state index contributed by atoms with van der Waals surface area (Å²) < 4.78 is 6.00. The molecule has 96 valence electrons. The molecule has 4 nitrogen and oxygen atoms in total. The summed E-state index contributed by atoms with van der Waals surface area (Å²) in [5.41, 5.74) is 1.01. The lowest BCUT2D eigenvalue weighted by Crippen LogP contribution is -2.25. The Kier molecular flexibility index (Phi) is 5.66. The average molecular weight is 311 g/mol. The van der Waals surface area contributed by atoms with Crippen LogP contribution >= 0.6 is 15.9 Å². The summed E-state index contributed by atoms with van der Waals surface area (Å²) in [6.45, 7) is 0.521. The number of hydrogen-bond donors (Lipinski definition) is 0. The fourth-order valence-corrected chi connectivity index (χ4v) is 2.11. The van der Waals surface area contributed by atoms with Crippen LogP contribution < -0.4 is 4.74 Å². The van der Waals surface area contributed by atoms with Gasteiger partial charge in [-0.15, -0.1) is 0 Å². The van der Waals surface area contributed by atoms with Crippen LogP contribution in [-0.2, 0) is 11.3 Å². The fourth-order valence-electron chi connectivity index (χ4n) is 1.52. The monoisotopic (exact) mass is 310 g/mol. The zero-order valence-corrected chi connectivity index (χ0v) is 12.0. The van der Waals surface area contributed by atoms with E-state index in [9.17, 15) is 4.79 Å². The Labute approximate surface area is 115 Å².